The van der Waals surface area contributed by atoms with Gasteiger partial charge in [-0.05, 0) is 52.5 Å². The molecule has 1 N–H and O–H groups in total. The molecule has 2 rings (SSSR count). The topological polar surface area (TPSA) is 55.8 Å². The van der Waals surface area contributed by atoms with Crippen molar-refractivity contribution in [3.63, 3.8) is 0 Å². The van der Waals surface area contributed by atoms with Crippen molar-refractivity contribution in [3.05, 3.63) is 11.5 Å². The molecule has 1 saturated carbocycles. The molecule has 2 aliphatic rings. The molecule has 0 saturated heterocycles. The van der Waals surface area contributed by atoms with E-state index in [1.807, 2.05) is 34.6 Å². The zero-order chi connectivity index (χ0) is 18.7. The summed E-state index contributed by atoms with van der Waals surface area (Å²) in [6.45, 7) is 18.4. The molecular formula is C19H34O4Si. The summed E-state index contributed by atoms with van der Waals surface area (Å²) in [4.78, 5) is 13.2. The van der Waals surface area contributed by atoms with E-state index in [0.29, 0.717) is 12.2 Å². The number of rotatable bonds is 5. The second kappa shape index (κ2) is 5.60. The summed E-state index contributed by atoms with van der Waals surface area (Å²) in [7, 11) is -1.82. The van der Waals surface area contributed by atoms with Gasteiger partial charge in [-0.25, -0.2) is 0 Å². The van der Waals surface area contributed by atoms with Gasteiger partial charge >= 0.3 is 0 Å². The highest BCUT2D eigenvalue weighted by Gasteiger charge is 2.76. The molecule has 2 aliphatic carbocycles. The average molecular weight is 355 g/mol. The van der Waals surface area contributed by atoms with Crippen LogP contribution in [0.5, 0.6) is 0 Å². The van der Waals surface area contributed by atoms with Crippen LogP contribution in [-0.2, 0) is 14.3 Å². The Hall–Kier alpha value is -0.813. The molecule has 1 unspecified atom stereocenters. The van der Waals surface area contributed by atoms with Crippen LogP contribution >= 0.6 is 0 Å². The minimum absolute atomic E-state index is 0.101. The predicted octanol–water partition coefficient (Wildman–Crippen LogP) is 4.26. The number of hydrogen-bond acceptors (Lipinski definition) is 4. The minimum Gasteiger partial charge on any atom is -0.488 e. The normalized spacial score (nSPS) is 36.8. The largest absolute Gasteiger partial charge is 0.488 e. The number of ketones is 1. The number of fused-ring (bicyclic) bond motifs is 1. The molecule has 0 aliphatic heterocycles. The van der Waals surface area contributed by atoms with Crippen molar-refractivity contribution >= 4 is 13.9 Å². The quantitative estimate of drug-likeness (QED) is 0.750. The molecule has 0 bridgehead atoms. The van der Waals surface area contributed by atoms with E-state index in [4.69, 9.17) is 9.47 Å². The molecule has 4 nitrogen and oxygen atoms in total. The third kappa shape index (κ3) is 2.31. The average Bonchev–Trinajstić information content (AvgIpc) is 2.72. The number of carbonyl (C=O) groups is 1. The Kier molecular flexibility index (Phi) is 4.55. The Morgan fingerprint density at radius 3 is 1.92 bits per heavy atom. The highest BCUT2D eigenvalue weighted by molar-refractivity contribution is 6.79. The van der Waals surface area contributed by atoms with Gasteiger partial charge in [0.15, 0.2) is 5.76 Å². The molecule has 0 aromatic heterocycles. The molecule has 138 valence electrons. The summed E-state index contributed by atoms with van der Waals surface area (Å²) in [5.41, 5.74) is -2.16. The zero-order valence-corrected chi connectivity index (χ0v) is 17.7. The number of allylic oxidation sites excluding steroid dienone is 1. The van der Waals surface area contributed by atoms with Gasteiger partial charge in [0.2, 0.25) is 11.5 Å². The minimum atomic E-state index is -1.82. The lowest BCUT2D eigenvalue weighted by Crippen LogP contribution is -2.57. The second-order valence-corrected chi connectivity index (χ2v) is 15.0. The Bertz CT molecular complexity index is 574. The Morgan fingerprint density at radius 1 is 1.00 bits per heavy atom. The smallest absolute Gasteiger partial charge is 0.210 e. The van der Waals surface area contributed by atoms with Crippen molar-refractivity contribution in [2.75, 3.05) is 0 Å². The van der Waals surface area contributed by atoms with Gasteiger partial charge in [-0.2, -0.15) is 0 Å². The lowest BCUT2D eigenvalue weighted by Gasteiger charge is -2.50. The molecule has 0 aromatic carbocycles. The zero-order valence-electron chi connectivity index (χ0n) is 16.7. The lowest BCUT2D eigenvalue weighted by atomic mass is 9.73. The van der Waals surface area contributed by atoms with E-state index in [1.165, 1.54) is 0 Å². The summed E-state index contributed by atoms with van der Waals surface area (Å²) in [6, 6.07) is 0. The number of ether oxygens (including phenoxy) is 2. The van der Waals surface area contributed by atoms with Gasteiger partial charge in [0.1, 0.15) is 5.60 Å². The van der Waals surface area contributed by atoms with Crippen LogP contribution in [0.25, 0.3) is 0 Å². The highest BCUT2D eigenvalue weighted by Crippen LogP contribution is 2.71. The Labute approximate surface area is 147 Å². The monoisotopic (exact) mass is 354 g/mol. The van der Waals surface area contributed by atoms with E-state index in [0.717, 1.165) is 6.42 Å². The maximum absolute atomic E-state index is 13.2. The van der Waals surface area contributed by atoms with Gasteiger partial charge in [-0.1, -0.05) is 26.6 Å². The van der Waals surface area contributed by atoms with Crippen LogP contribution in [0, 0.1) is 5.41 Å². The van der Waals surface area contributed by atoms with Crippen molar-refractivity contribution < 1.29 is 19.4 Å². The van der Waals surface area contributed by atoms with Gasteiger partial charge in [-0.3, -0.25) is 4.79 Å². The maximum Gasteiger partial charge on any atom is 0.210 e. The molecule has 0 amide bonds. The molecule has 0 spiro atoms. The van der Waals surface area contributed by atoms with Gasteiger partial charge in [0.05, 0.1) is 25.7 Å². The number of aliphatic hydroxyl groups is 1. The first-order chi connectivity index (χ1) is 10.7. The lowest BCUT2D eigenvalue weighted by molar-refractivity contribution is -0.137. The standard InChI is InChI=1S/C19H34O4Si/c1-12(2)22-14-15(20)17(5)10-11-18(6,24(7,8)9)19(17,21)16(14)23-13(3)4/h12-13,21H,10-11H2,1-9H3/t17-,18?,19-/m0/s1. The third-order valence-corrected chi connectivity index (χ3v) is 10.2. The van der Waals surface area contributed by atoms with Crippen LogP contribution in [0.1, 0.15) is 54.4 Å². The van der Waals surface area contributed by atoms with E-state index in [2.05, 4.69) is 26.6 Å². The molecule has 0 aromatic rings. The Balaban J connectivity index is 2.73. The van der Waals surface area contributed by atoms with Crippen molar-refractivity contribution in [2.45, 2.75) is 96.9 Å². The van der Waals surface area contributed by atoms with Crippen molar-refractivity contribution in [1.29, 1.82) is 0 Å². The fraction of sp³-hybridized carbons (Fsp3) is 0.842. The summed E-state index contributed by atoms with van der Waals surface area (Å²) in [6.07, 6.45) is 1.23. The molecule has 1 fully saturated rings. The first kappa shape index (κ1) is 19.5. The van der Waals surface area contributed by atoms with Crippen LogP contribution < -0.4 is 0 Å². The van der Waals surface area contributed by atoms with E-state index < -0.39 is 19.1 Å². The molecule has 0 radical (unpaired) electrons. The highest BCUT2D eigenvalue weighted by atomic mass is 28.3. The van der Waals surface area contributed by atoms with Gasteiger partial charge < -0.3 is 14.6 Å². The van der Waals surface area contributed by atoms with Crippen LogP contribution in [0.3, 0.4) is 0 Å². The first-order valence-electron chi connectivity index (χ1n) is 9.07. The SMILES string of the molecule is CC(C)OC1=C(OC(C)C)[C@@]2(O)C(C)([Si](C)(C)C)CC[C@@]2(C)C1=O. The third-order valence-electron chi connectivity index (χ3n) is 6.33. The predicted molar refractivity (Wildman–Crippen MR) is 98.5 cm³/mol. The van der Waals surface area contributed by atoms with Crippen LogP contribution in [0.4, 0.5) is 0 Å². The number of carbonyl (C=O) groups excluding carboxylic acids is 1. The van der Waals surface area contributed by atoms with Crippen molar-refractivity contribution in [1.82, 2.24) is 0 Å². The fourth-order valence-electron chi connectivity index (χ4n) is 4.40. The summed E-state index contributed by atoms with van der Waals surface area (Å²) in [5, 5.41) is 11.7. The van der Waals surface area contributed by atoms with Crippen LogP contribution in [0.2, 0.25) is 24.7 Å². The van der Waals surface area contributed by atoms with E-state index in [-0.39, 0.29) is 28.8 Å². The van der Waals surface area contributed by atoms with Crippen molar-refractivity contribution in [2.24, 2.45) is 5.41 Å². The summed E-state index contributed by atoms with van der Waals surface area (Å²) >= 11 is 0. The van der Waals surface area contributed by atoms with E-state index in [9.17, 15) is 9.90 Å². The molecule has 5 heteroatoms. The van der Waals surface area contributed by atoms with E-state index in [1.54, 1.807) is 0 Å². The second-order valence-electron chi connectivity index (χ2n) is 9.45. The van der Waals surface area contributed by atoms with Crippen LogP contribution in [0.15, 0.2) is 11.5 Å². The molecule has 3 atom stereocenters. The maximum atomic E-state index is 13.2. The molecule has 24 heavy (non-hydrogen) atoms. The van der Waals surface area contributed by atoms with Crippen molar-refractivity contribution in [3.8, 4) is 0 Å². The van der Waals surface area contributed by atoms with Gasteiger partial charge in [-0.15, -0.1) is 0 Å². The van der Waals surface area contributed by atoms with Crippen LogP contribution in [-0.4, -0.2) is 36.8 Å². The van der Waals surface area contributed by atoms with Gasteiger partial charge in [0.25, 0.3) is 0 Å². The number of hydrogen-bond donors (Lipinski definition) is 1. The fourth-order valence-corrected chi connectivity index (χ4v) is 6.75. The molecular weight excluding hydrogens is 320 g/mol. The van der Waals surface area contributed by atoms with Gasteiger partial charge in [0, 0.05) is 0 Å². The van der Waals surface area contributed by atoms with E-state index >= 15 is 0 Å². The summed E-state index contributed by atoms with van der Waals surface area (Å²) in [5.74, 6) is 0.519. The Morgan fingerprint density at radius 2 is 1.50 bits per heavy atom. The summed E-state index contributed by atoms with van der Waals surface area (Å²) < 4.78 is 11.9. The number of Topliss-reactive ketones (excluding diaryl/α,β-unsaturated/α-hetero) is 1. The first-order valence-corrected chi connectivity index (χ1v) is 12.6. The molecule has 0 heterocycles.